The van der Waals surface area contributed by atoms with E-state index in [2.05, 4.69) is 44.0 Å². The number of nitrogens with zero attached hydrogens (tertiary/aromatic N) is 1. The molecule has 100 valence electrons. The second-order valence-corrected chi connectivity index (χ2v) is 6.39. The van der Waals surface area contributed by atoms with Crippen LogP contribution in [0.15, 0.2) is 23.1 Å². The largest absolute Gasteiger partial charge is 0.371 e. The Morgan fingerprint density at radius 2 is 2.17 bits per heavy atom. The van der Waals surface area contributed by atoms with Crippen molar-refractivity contribution in [3.63, 3.8) is 0 Å². The lowest BCUT2D eigenvalue weighted by Crippen LogP contribution is -2.31. The van der Waals surface area contributed by atoms with Crippen molar-refractivity contribution in [2.45, 2.75) is 44.2 Å². The number of rotatable bonds is 6. The van der Waals surface area contributed by atoms with E-state index in [4.69, 9.17) is 5.73 Å². The first-order valence-electron chi connectivity index (χ1n) is 6.86. The lowest BCUT2D eigenvalue weighted by atomic mass is 10.1. The number of thioether (sulfide) groups is 1. The van der Waals surface area contributed by atoms with Gasteiger partial charge in [-0.05, 0) is 43.6 Å². The van der Waals surface area contributed by atoms with E-state index < -0.39 is 0 Å². The van der Waals surface area contributed by atoms with Gasteiger partial charge < -0.3 is 10.6 Å². The summed E-state index contributed by atoms with van der Waals surface area (Å²) in [5, 5.41) is 0. The predicted molar refractivity (Wildman–Crippen MR) is 81.3 cm³/mol. The Balaban J connectivity index is 2.27. The zero-order valence-electron chi connectivity index (χ0n) is 11.6. The molecule has 1 aliphatic carbocycles. The first-order chi connectivity index (χ1) is 8.69. The molecule has 0 bridgehead atoms. The Morgan fingerprint density at radius 1 is 1.44 bits per heavy atom. The third kappa shape index (κ3) is 2.83. The van der Waals surface area contributed by atoms with Crippen molar-refractivity contribution in [3.05, 3.63) is 23.8 Å². The summed E-state index contributed by atoms with van der Waals surface area (Å²) in [5.74, 6) is 1.97. The predicted octanol–water partition coefficient (Wildman–Crippen LogP) is 3.49. The zero-order chi connectivity index (χ0) is 13.1. The molecule has 0 radical (unpaired) electrons. The molecule has 1 aromatic carbocycles. The van der Waals surface area contributed by atoms with E-state index in [1.165, 1.54) is 29.0 Å². The van der Waals surface area contributed by atoms with Gasteiger partial charge in [0.05, 0.1) is 0 Å². The first-order valence-corrected chi connectivity index (χ1v) is 7.85. The monoisotopic (exact) mass is 264 g/mol. The van der Waals surface area contributed by atoms with Crippen molar-refractivity contribution in [1.82, 2.24) is 0 Å². The summed E-state index contributed by atoms with van der Waals surface area (Å²) in [4.78, 5) is 3.76. The number of nitrogens with two attached hydrogens (primary N) is 1. The van der Waals surface area contributed by atoms with Crippen LogP contribution in [-0.4, -0.2) is 18.8 Å². The maximum Gasteiger partial charge on any atom is 0.0422 e. The highest BCUT2D eigenvalue weighted by Gasteiger charge is 2.31. The van der Waals surface area contributed by atoms with Crippen molar-refractivity contribution >= 4 is 17.4 Å². The average molecular weight is 264 g/mol. The van der Waals surface area contributed by atoms with Crippen molar-refractivity contribution < 1.29 is 0 Å². The minimum Gasteiger partial charge on any atom is -0.371 e. The van der Waals surface area contributed by atoms with Gasteiger partial charge >= 0.3 is 0 Å². The van der Waals surface area contributed by atoms with E-state index in [0.717, 1.165) is 11.7 Å². The molecule has 2 rings (SSSR count). The normalized spacial score (nSPS) is 16.7. The molecule has 1 unspecified atom stereocenters. The number of hydrogen-bond donors (Lipinski definition) is 1. The minimum atomic E-state index is 0.622. The summed E-state index contributed by atoms with van der Waals surface area (Å²) < 4.78 is 0. The van der Waals surface area contributed by atoms with Crippen molar-refractivity contribution in [2.75, 3.05) is 17.7 Å². The Labute approximate surface area is 115 Å². The summed E-state index contributed by atoms with van der Waals surface area (Å²) in [6.45, 7) is 5.14. The van der Waals surface area contributed by atoms with Gasteiger partial charge in [0.2, 0.25) is 0 Å². The van der Waals surface area contributed by atoms with Gasteiger partial charge in [0.25, 0.3) is 0 Å². The van der Waals surface area contributed by atoms with Gasteiger partial charge in [-0.1, -0.05) is 13.0 Å². The third-order valence-corrected chi connectivity index (χ3v) is 4.89. The van der Waals surface area contributed by atoms with E-state index in [0.29, 0.717) is 12.6 Å². The molecule has 1 atom stereocenters. The molecular formula is C15H24N2S. The highest BCUT2D eigenvalue weighted by molar-refractivity contribution is 7.99. The molecule has 0 aromatic heterocycles. The summed E-state index contributed by atoms with van der Waals surface area (Å²) in [7, 11) is 2.21. The zero-order valence-corrected chi connectivity index (χ0v) is 12.5. The average Bonchev–Trinajstić information content (AvgIpc) is 3.21. The van der Waals surface area contributed by atoms with E-state index in [9.17, 15) is 0 Å². The van der Waals surface area contributed by atoms with Crippen LogP contribution in [0.4, 0.5) is 5.69 Å². The molecule has 3 heteroatoms. The van der Waals surface area contributed by atoms with Crippen LogP contribution in [0.5, 0.6) is 0 Å². The molecular weight excluding hydrogens is 240 g/mol. The molecule has 0 aliphatic heterocycles. The lowest BCUT2D eigenvalue weighted by Gasteiger charge is -2.29. The third-order valence-electron chi connectivity index (χ3n) is 3.91. The second-order valence-electron chi connectivity index (χ2n) is 5.08. The van der Waals surface area contributed by atoms with Gasteiger partial charge in [0, 0.05) is 35.8 Å². The van der Waals surface area contributed by atoms with Crippen LogP contribution in [0, 0.1) is 5.92 Å². The fourth-order valence-electron chi connectivity index (χ4n) is 2.49. The quantitative estimate of drug-likeness (QED) is 0.798. The van der Waals surface area contributed by atoms with Crippen molar-refractivity contribution in [2.24, 2.45) is 11.7 Å². The van der Waals surface area contributed by atoms with E-state index in [-0.39, 0.29) is 0 Å². The van der Waals surface area contributed by atoms with Gasteiger partial charge in [-0.3, -0.25) is 0 Å². The molecule has 1 saturated carbocycles. The number of hydrogen-bond acceptors (Lipinski definition) is 3. The summed E-state index contributed by atoms with van der Waals surface area (Å²) >= 11 is 1.89. The first kappa shape index (κ1) is 13.8. The molecule has 0 amide bonds. The van der Waals surface area contributed by atoms with Crippen molar-refractivity contribution in [3.8, 4) is 0 Å². The Hall–Kier alpha value is -0.670. The Kier molecular flexibility index (Phi) is 4.57. The van der Waals surface area contributed by atoms with Gasteiger partial charge in [0.1, 0.15) is 0 Å². The molecule has 1 fully saturated rings. The molecule has 18 heavy (non-hydrogen) atoms. The number of anilines is 1. The minimum absolute atomic E-state index is 0.622. The molecule has 1 aromatic rings. The van der Waals surface area contributed by atoms with Gasteiger partial charge in [-0.15, -0.1) is 11.8 Å². The van der Waals surface area contributed by atoms with Crippen molar-refractivity contribution in [1.29, 1.82) is 0 Å². The highest BCUT2D eigenvalue weighted by atomic mass is 32.2. The summed E-state index contributed by atoms with van der Waals surface area (Å²) in [5.41, 5.74) is 8.59. The summed E-state index contributed by atoms with van der Waals surface area (Å²) in [6, 6.07) is 7.18. The van der Waals surface area contributed by atoms with Crippen LogP contribution in [0.25, 0.3) is 0 Å². The molecule has 0 spiro atoms. The van der Waals surface area contributed by atoms with Crippen LogP contribution in [0.3, 0.4) is 0 Å². The number of benzene rings is 1. The van der Waals surface area contributed by atoms with Crippen LogP contribution in [-0.2, 0) is 6.54 Å². The standard InChI is InChI=1S/C15H24N2S/c1-4-18-15-7-5-6-14(13(15)10-16)17(3)11(2)12-8-9-12/h5-7,11-12H,4,8-10,16H2,1-3H3. The van der Waals surface area contributed by atoms with Crippen LogP contribution >= 0.6 is 11.8 Å². The van der Waals surface area contributed by atoms with Gasteiger partial charge in [-0.25, -0.2) is 0 Å². The maximum atomic E-state index is 5.97. The molecule has 0 saturated heterocycles. The van der Waals surface area contributed by atoms with Crippen LogP contribution in [0.2, 0.25) is 0 Å². The maximum absolute atomic E-state index is 5.97. The molecule has 2 N–H and O–H groups in total. The molecule has 1 aliphatic rings. The summed E-state index contributed by atoms with van der Waals surface area (Å²) in [6.07, 6.45) is 2.76. The second kappa shape index (κ2) is 5.98. The highest BCUT2D eigenvalue weighted by Crippen LogP contribution is 2.38. The molecule has 0 heterocycles. The van der Waals surface area contributed by atoms with Gasteiger partial charge in [-0.2, -0.15) is 0 Å². The Morgan fingerprint density at radius 3 is 2.72 bits per heavy atom. The van der Waals surface area contributed by atoms with Crippen LogP contribution in [0.1, 0.15) is 32.3 Å². The fraction of sp³-hybridized carbons (Fsp3) is 0.600. The van der Waals surface area contributed by atoms with E-state index in [1.807, 2.05) is 11.8 Å². The lowest BCUT2D eigenvalue weighted by molar-refractivity contribution is 0.606. The fourth-order valence-corrected chi connectivity index (χ4v) is 3.34. The smallest absolute Gasteiger partial charge is 0.0422 e. The van der Waals surface area contributed by atoms with Crippen LogP contribution < -0.4 is 10.6 Å². The van der Waals surface area contributed by atoms with E-state index >= 15 is 0 Å². The Bertz CT molecular complexity index is 401. The SMILES string of the molecule is CCSc1cccc(N(C)C(C)C2CC2)c1CN. The van der Waals surface area contributed by atoms with E-state index in [1.54, 1.807) is 0 Å². The molecule has 2 nitrogen and oxygen atoms in total. The topological polar surface area (TPSA) is 29.3 Å². The van der Waals surface area contributed by atoms with Gasteiger partial charge in [0.15, 0.2) is 0 Å².